The van der Waals surface area contributed by atoms with Gasteiger partial charge in [0.1, 0.15) is 5.75 Å². The number of phenols is 2. The zero-order valence-corrected chi connectivity index (χ0v) is 23.1. The number of benzene rings is 2. The van der Waals surface area contributed by atoms with Crippen LogP contribution in [0.25, 0.3) is 0 Å². The molecule has 0 saturated heterocycles. The lowest BCUT2D eigenvalue weighted by Gasteiger charge is -2.34. The van der Waals surface area contributed by atoms with E-state index in [9.17, 15) is 30.4 Å². The third-order valence-electron chi connectivity index (χ3n) is 7.10. The summed E-state index contributed by atoms with van der Waals surface area (Å²) in [6.45, 7) is 19.4. The van der Waals surface area contributed by atoms with Gasteiger partial charge in [0.25, 0.3) is 5.69 Å². The summed E-state index contributed by atoms with van der Waals surface area (Å²) in [5.74, 6) is -0.425. The van der Waals surface area contributed by atoms with Crippen molar-refractivity contribution in [1.29, 1.82) is 0 Å². The highest BCUT2D eigenvalue weighted by Crippen LogP contribution is 2.46. The van der Waals surface area contributed by atoms with Crippen LogP contribution in [0.15, 0.2) is 24.3 Å². The molecule has 0 spiro atoms. The van der Waals surface area contributed by atoms with Crippen molar-refractivity contribution in [2.24, 2.45) is 0 Å². The van der Waals surface area contributed by atoms with Crippen molar-refractivity contribution in [2.45, 2.75) is 104 Å². The molecule has 8 nitrogen and oxygen atoms in total. The standard InChI is InChI=1S/C28H40N2O6/c1-25(2,3)18-15-19(23(31)16-21(18)29(33)34)28(9,10)12-11-27(7,8)17-13-20(26(4,5)6)24(32)22(14-17)30(35)36/h13-16,31-32H,11-12H2,1-10H3. The lowest BCUT2D eigenvalue weighted by molar-refractivity contribution is -0.386. The van der Waals surface area contributed by atoms with Gasteiger partial charge in [0.05, 0.1) is 15.9 Å². The number of aromatic hydroxyl groups is 2. The second-order valence-corrected chi connectivity index (χ2v) is 13.1. The van der Waals surface area contributed by atoms with Crippen LogP contribution >= 0.6 is 0 Å². The van der Waals surface area contributed by atoms with Gasteiger partial charge in [-0.1, -0.05) is 75.3 Å². The van der Waals surface area contributed by atoms with E-state index in [0.717, 1.165) is 5.56 Å². The number of hydrogen-bond donors (Lipinski definition) is 2. The van der Waals surface area contributed by atoms with Crippen molar-refractivity contribution in [3.63, 3.8) is 0 Å². The molecule has 198 valence electrons. The summed E-state index contributed by atoms with van der Waals surface area (Å²) in [4.78, 5) is 22.3. The third kappa shape index (κ3) is 5.97. The Hall–Kier alpha value is -3.16. The van der Waals surface area contributed by atoms with E-state index in [1.54, 1.807) is 6.07 Å². The largest absolute Gasteiger partial charge is 0.507 e. The molecule has 0 fully saturated rings. The van der Waals surface area contributed by atoms with E-state index >= 15 is 0 Å². The summed E-state index contributed by atoms with van der Waals surface area (Å²) in [7, 11) is 0. The van der Waals surface area contributed by atoms with E-state index < -0.39 is 31.5 Å². The zero-order valence-electron chi connectivity index (χ0n) is 23.1. The minimum absolute atomic E-state index is 0.106. The maximum absolute atomic E-state index is 11.7. The molecule has 0 amide bonds. The summed E-state index contributed by atoms with van der Waals surface area (Å²) in [6, 6.07) is 6.26. The van der Waals surface area contributed by atoms with Crippen molar-refractivity contribution in [2.75, 3.05) is 0 Å². The second-order valence-electron chi connectivity index (χ2n) is 13.1. The number of rotatable bonds is 7. The van der Waals surface area contributed by atoms with Gasteiger partial charge >= 0.3 is 5.69 Å². The summed E-state index contributed by atoms with van der Waals surface area (Å²) in [6.07, 6.45) is 1.22. The van der Waals surface area contributed by atoms with Gasteiger partial charge < -0.3 is 10.2 Å². The first-order valence-electron chi connectivity index (χ1n) is 12.1. The molecule has 0 unspecified atom stereocenters. The van der Waals surface area contributed by atoms with Crippen LogP contribution in [0, 0.1) is 20.2 Å². The highest BCUT2D eigenvalue weighted by atomic mass is 16.6. The van der Waals surface area contributed by atoms with Gasteiger partial charge in [-0.25, -0.2) is 0 Å². The lowest BCUT2D eigenvalue weighted by atomic mass is 9.70. The number of nitro benzene ring substituents is 2. The fourth-order valence-corrected chi connectivity index (χ4v) is 4.50. The van der Waals surface area contributed by atoms with Crippen LogP contribution in [0.3, 0.4) is 0 Å². The molecule has 0 bridgehead atoms. The van der Waals surface area contributed by atoms with Gasteiger partial charge in [0.15, 0.2) is 5.75 Å². The van der Waals surface area contributed by atoms with Gasteiger partial charge in [0, 0.05) is 22.8 Å². The summed E-state index contributed by atoms with van der Waals surface area (Å²) in [5.41, 5.74) is 0.0161. The Kier molecular flexibility index (Phi) is 7.57. The monoisotopic (exact) mass is 500 g/mol. The lowest BCUT2D eigenvalue weighted by Crippen LogP contribution is -2.26. The van der Waals surface area contributed by atoms with Crippen molar-refractivity contribution in [3.8, 4) is 11.5 Å². The van der Waals surface area contributed by atoms with E-state index in [1.807, 2.05) is 75.3 Å². The van der Waals surface area contributed by atoms with Crippen molar-refractivity contribution in [1.82, 2.24) is 0 Å². The van der Waals surface area contributed by atoms with Crippen LogP contribution in [-0.4, -0.2) is 20.1 Å². The first-order chi connectivity index (χ1) is 16.1. The average molecular weight is 501 g/mol. The smallest absolute Gasteiger partial charge is 0.311 e. The van der Waals surface area contributed by atoms with E-state index in [1.165, 1.54) is 12.1 Å². The minimum atomic E-state index is -0.559. The molecule has 0 aliphatic heterocycles. The Morgan fingerprint density at radius 2 is 1.11 bits per heavy atom. The molecular weight excluding hydrogens is 460 g/mol. The van der Waals surface area contributed by atoms with Crippen LogP contribution in [0.1, 0.15) is 104 Å². The van der Waals surface area contributed by atoms with Crippen molar-refractivity contribution in [3.05, 3.63) is 66.7 Å². The molecule has 0 saturated carbocycles. The van der Waals surface area contributed by atoms with E-state index in [4.69, 9.17) is 0 Å². The second kappa shape index (κ2) is 9.37. The predicted molar refractivity (Wildman–Crippen MR) is 142 cm³/mol. The summed E-state index contributed by atoms with van der Waals surface area (Å²) in [5, 5.41) is 44.6. The molecule has 2 rings (SSSR count). The van der Waals surface area contributed by atoms with Gasteiger partial charge in [-0.2, -0.15) is 0 Å². The molecule has 2 aromatic carbocycles. The molecule has 0 heterocycles. The fourth-order valence-electron chi connectivity index (χ4n) is 4.50. The van der Waals surface area contributed by atoms with Gasteiger partial charge in [0.2, 0.25) is 0 Å². The molecule has 0 radical (unpaired) electrons. The first kappa shape index (κ1) is 29.1. The van der Waals surface area contributed by atoms with Crippen LogP contribution in [-0.2, 0) is 21.7 Å². The van der Waals surface area contributed by atoms with Crippen molar-refractivity contribution >= 4 is 11.4 Å². The Morgan fingerprint density at radius 1 is 0.639 bits per heavy atom. The third-order valence-corrected chi connectivity index (χ3v) is 7.10. The van der Waals surface area contributed by atoms with Crippen LogP contribution in [0.4, 0.5) is 11.4 Å². The van der Waals surface area contributed by atoms with Crippen LogP contribution in [0.2, 0.25) is 0 Å². The highest BCUT2D eigenvalue weighted by Gasteiger charge is 2.35. The quantitative estimate of drug-likeness (QED) is 0.298. The average Bonchev–Trinajstić information content (AvgIpc) is 2.70. The molecule has 36 heavy (non-hydrogen) atoms. The van der Waals surface area contributed by atoms with E-state index in [-0.39, 0.29) is 22.9 Å². The number of nitro groups is 2. The molecule has 2 N–H and O–H groups in total. The van der Waals surface area contributed by atoms with Crippen molar-refractivity contribution < 1.29 is 20.1 Å². The van der Waals surface area contributed by atoms with Crippen LogP contribution < -0.4 is 0 Å². The predicted octanol–water partition coefficient (Wildman–Crippen LogP) is 7.54. The maximum atomic E-state index is 11.7. The molecule has 0 atom stereocenters. The first-order valence-corrected chi connectivity index (χ1v) is 12.1. The van der Waals surface area contributed by atoms with Gasteiger partial charge in [-0.05, 0) is 46.1 Å². The Labute approximate surface area is 213 Å². The molecular formula is C28H40N2O6. The number of phenolic OH excluding ortho intramolecular Hbond substituents is 2. The SMILES string of the molecule is CC(C)(C)c1cc(C(C)(C)CCC(C)(C)c2cc([N+](=O)[O-])c(O)c(C(C)(C)C)c2)c(O)cc1[N+](=O)[O-]. The molecule has 0 aromatic heterocycles. The van der Waals surface area contributed by atoms with Gasteiger partial charge in [-0.15, -0.1) is 0 Å². The topological polar surface area (TPSA) is 127 Å². The maximum Gasteiger partial charge on any atom is 0.311 e. The van der Waals surface area contributed by atoms with E-state index in [0.29, 0.717) is 29.5 Å². The molecule has 0 aliphatic carbocycles. The molecule has 2 aromatic rings. The molecule has 0 aliphatic rings. The highest BCUT2D eigenvalue weighted by molar-refractivity contribution is 5.57. The number of hydrogen-bond acceptors (Lipinski definition) is 6. The van der Waals surface area contributed by atoms with Crippen LogP contribution in [0.5, 0.6) is 11.5 Å². The summed E-state index contributed by atoms with van der Waals surface area (Å²) >= 11 is 0. The summed E-state index contributed by atoms with van der Waals surface area (Å²) < 4.78 is 0. The van der Waals surface area contributed by atoms with E-state index in [2.05, 4.69) is 0 Å². The Bertz CT molecular complexity index is 1180. The minimum Gasteiger partial charge on any atom is -0.507 e. The normalized spacial score (nSPS) is 13.1. The molecule has 8 heteroatoms. The fraction of sp³-hybridized carbons (Fsp3) is 0.571. The zero-order chi connectivity index (χ0) is 28.0. The van der Waals surface area contributed by atoms with Gasteiger partial charge in [-0.3, -0.25) is 20.2 Å². The Balaban J connectivity index is 2.52. The number of nitrogens with zero attached hydrogens (tertiary/aromatic N) is 2. The Morgan fingerprint density at radius 3 is 1.56 bits per heavy atom.